The highest BCUT2D eigenvalue weighted by Crippen LogP contribution is 2.37. The van der Waals surface area contributed by atoms with E-state index in [9.17, 15) is 0 Å². The number of nitrogens with two attached hydrogens (primary N) is 1. The van der Waals surface area contributed by atoms with Gasteiger partial charge < -0.3 is 10.2 Å². The average molecular weight is 294 g/mol. The minimum atomic E-state index is -1.71. The molecule has 0 fully saturated rings. The molecule has 3 heteroatoms. The molecule has 0 heterocycles. The molecule has 2 nitrogen and oxygen atoms in total. The predicted molar refractivity (Wildman–Crippen MR) is 91.5 cm³/mol. The van der Waals surface area contributed by atoms with Crippen LogP contribution >= 0.6 is 0 Å². The molecule has 0 aliphatic rings. The zero-order chi connectivity index (χ0) is 15.8. The van der Waals surface area contributed by atoms with Gasteiger partial charge in [-0.1, -0.05) is 47.6 Å². The quantitative estimate of drug-likeness (QED) is 0.622. The number of hydrogen-bond acceptors (Lipinski definition) is 2. The van der Waals surface area contributed by atoms with Crippen molar-refractivity contribution >= 4 is 14.0 Å². The van der Waals surface area contributed by atoms with Gasteiger partial charge in [0.25, 0.3) is 0 Å². The largest absolute Gasteiger partial charge is 0.413 e. The molecule has 0 saturated heterocycles. The maximum absolute atomic E-state index is 6.29. The van der Waals surface area contributed by atoms with Crippen LogP contribution in [-0.2, 0) is 16.4 Å². The second kappa shape index (κ2) is 5.53. The smallest absolute Gasteiger partial charge is 0.192 e. The second-order valence-electron chi connectivity index (χ2n) is 8.26. The van der Waals surface area contributed by atoms with Crippen LogP contribution in [-0.4, -0.2) is 8.32 Å². The normalized spacial score (nSPS) is 13.6. The maximum Gasteiger partial charge on any atom is 0.192 e. The van der Waals surface area contributed by atoms with Crippen molar-refractivity contribution in [3.05, 3.63) is 29.3 Å². The number of anilines is 1. The summed E-state index contributed by atoms with van der Waals surface area (Å²) in [6.45, 7) is 18.6. The first kappa shape index (κ1) is 17.2. The van der Waals surface area contributed by atoms with E-state index < -0.39 is 8.32 Å². The molecule has 0 aromatic heterocycles. The van der Waals surface area contributed by atoms with E-state index in [-0.39, 0.29) is 10.5 Å². The van der Waals surface area contributed by atoms with Crippen molar-refractivity contribution in [3.8, 4) is 0 Å². The summed E-state index contributed by atoms with van der Waals surface area (Å²) in [5.41, 5.74) is 9.42. The molecular formula is C17H31NOSi. The molecule has 1 aromatic carbocycles. The predicted octanol–water partition coefficient (Wildman–Crippen LogP) is 5.09. The van der Waals surface area contributed by atoms with Gasteiger partial charge in [0.1, 0.15) is 0 Å². The van der Waals surface area contributed by atoms with Crippen LogP contribution in [0.4, 0.5) is 5.69 Å². The highest BCUT2D eigenvalue weighted by atomic mass is 28.4. The van der Waals surface area contributed by atoms with E-state index in [2.05, 4.69) is 66.8 Å². The summed E-state index contributed by atoms with van der Waals surface area (Å²) in [7, 11) is -1.71. The standard InChI is InChI=1S/C17H31NOSi/c1-16(2,3)14-9-13(10-15(18)11-14)12-19-20(7,8)17(4,5)6/h9-11H,12,18H2,1-8H3. The first-order chi connectivity index (χ1) is 8.83. The fraction of sp³-hybridized carbons (Fsp3) is 0.647. The Morgan fingerprint density at radius 2 is 1.55 bits per heavy atom. The van der Waals surface area contributed by atoms with E-state index in [1.165, 1.54) is 11.1 Å². The molecule has 0 atom stereocenters. The minimum Gasteiger partial charge on any atom is -0.413 e. The van der Waals surface area contributed by atoms with Crippen molar-refractivity contribution < 1.29 is 4.43 Å². The molecule has 1 rings (SSSR count). The van der Waals surface area contributed by atoms with Gasteiger partial charge in [-0.2, -0.15) is 0 Å². The lowest BCUT2D eigenvalue weighted by Gasteiger charge is -2.36. The lowest BCUT2D eigenvalue weighted by molar-refractivity contribution is 0.276. The van der Waals surface area contributed by atoms with Crippen LogP contribution in [0.15, 0.2) is 18.2 Å². The van der Waals surface area contributed by atoms with E-state index in [0.717, 1.165) is 5.69 Å². The Balaban J connectivity index is 2.92. The Hall–Kier alpha value is -0.803. The van der Waals surface area contributed by atoms with Crippen LogP contribution in [0.3, 0.4) is 0 Å². The molecule has 20 heavy (non-hydrogen) atoms. The second-order valence-corrected chi connectivity index (χ2v) is 13.1. The summed E-state index contributed by atoms with van der Waals surface area (Å²) in [6, 6.07) is 6.32. The van der Waals surface area contributed by atoms with Gasteiger partial charge in [-0.3, -0.25) is 0 Å². The molecule has 2 N–H and O–H groups in total. The summed E-state index contributed by atoms with van der Waals surface area (Å²) < 4.78 is 6.29. The number of nitrogen functional groups attached to an aromatic ring is 1. The highest BCUT2D eigenvalue weighted by Gasteiger charge is 2.37. The van der Waals surface area contributed by atoms with Crippen molar-refractivity contribution in [1.82, 2.24) is 0 Å². The minimum absolute atomic E-state index is 0.112. The van der Waals surface area contributed by atoms with Gasteiger partial charge in [-0.25, -0.2) is 0 Å². The summed E-state index contributed by atoms with van der Waals surface area (Å²) in [5.74, 6) is 0. The Kier molecular flexibility index (Phi) is 4.77. The summed E-state index contributed by atoms with van der Waals surface area (Å²) in [5, 5.41) is 0.236. The number of benzene rings is 1. The highest BCUT2D eigenvalue weighted by molar-refractivity contribution is 6.74. The van der Waals surface area contributed by atoms with Gasteiger partial charge in [-0.05, 0) is 46.8 Å². The Morgan fingerprint density at radius 1 is 1.00 bits per heavy atom. The number of hydrogen-bond donors (Lipinski definition) is 1. The van der Waals surface area contributed by atoms with Crippen molar-refractivity contribution in [2.24, 2.45) is 0 Å². The van der Waals surface area contributed by atoms with Crippen LogP contribution in [0.25, 0.3) is 0 Å². The Bertz CT molecular complexity index is 467. The van der Waals surface area contributed by atoms with Gasteiger partial charge in [0.2, 0.25) is 0 Å². The van der Waals surface area contributed by atoms with Gasteiger partial charge >= 0.3 is 0 Å². The molecule has 0 saturated carbocycles. The molecule has 1 aromatic rings. The van der Waals surface area contributed by atoms with Crippen LogP contribution in [0.2, 0.25) is 18.1 Å². The van der Waals surface area contributed by atoms with E-state index in [0.29, 0.717) is 6.61 Å². The van der Waals surface area contributed by atoms with Crippen molar-refractivity contribution in [2.45, 2.75) is 71.7 Å². The van der Waals surface area contributed by atoms with Crippen LogP contribution in [0.5, 0.6) is 0 Å². The first-order valence-electron chi connectivity index (χ1n) is 7.37. The fourth-order valence-corrected chi connectivity index (χ4v) is 2.68. The number of rotatable bonds is 3. The van der Waals surface area contributed by atoms with Gasteiger partial charge in [-0.15, -0.1) is 0 Å². The van der Waals surface area contributed by atoms with E-state index in [1.54, 1.807) is 0 Å². The van der Waals surface area contributed by atoms with Crippen LogP contribution in [0, 0.1) is 0 Å². The van der Waals surface area contributed by atoms with E-state index >= 15 is 0 Å². The summed E-state index contributed by atoms with van der Waals surface area (Å²) in [4.78, 5) is 0. The van der Waals surface area contributed by atoms with Gasteiger partial charge in [0.05, 0.1) is 6.61 Å². The van der Waals surface area contributed by atoms with Gasteiger partial charge in [0, 0.05) is 5.69 Å². The van der Waals surface area contributed by atoms with Crippen molar-refractivity contribution in [2.75, 3.05) is 5.73 Å². The molecular weight excluding hydrogens is 262 g/mol. The SMILES string of the molecule is CC(C)(C)c1cc(N)cc(CO[Si](C)(C)C(C)(C)C)c1. The molecule has 0 radical (unpaired) electrons. The molecule has 0 aliphatic carbocycles. The molecule has 0 aliphatic heterocycles. The van der Waals surface area contributed by atoms with Crippen molar-refractivity contribution in [1.29, 1.82) is 0 Å². The Morgan fingerprint density at radius 3 is 2.00 bits per heavy atom. The fourth-order valence-electron chi connectivity index (χ4n) is 1.71. The maximum atomic E-state index is 6.29. The summed E-state index contributed by atoms with van der Waals surface area (Å²) >= 11 is 0. The summed E-state index contributed by atoms with van der Waals surface area (Å²) in [6.07, 6.45) is 0. The third-order valence-corrected chi connectivity index (χ3v) is 8.77. The third-order valence-electron chi connectivity index (χ3n) is 4.29. The van der Waals surface area contributed by atoms with Crippen LogP contribution < -0.4 is 5.73 Å². The third kappa shape index (κ3) is 4.35. The van der Waals surface area contributed by atoms with E-state index in [1.807, 2.05) is 6.07 Å². The average Bonchev–Trinajstić information content (AvgIpc) is 2.23. The van der Waals surface area contributed by atoms with Crippen LogP contribution in [0.1, 0.15) is 52.7 Å². The molecule has 0 unspecified atom stereocenters. The first-order valence-corrected chi connectivity index (χ1v) is 10.3. The zero-order valence-electron chi connectivity index (χ0n) is 14.4. The lowest BCUT2D eigenvalue weighted by atomic mass is 9.86. The van der Waals surface area contributed by atoms with E-state index in [4.69, 9.17) is 10.2 Å². The molecule has 114 valence electrons. The zero-order valence-corrected chi connectivity index (χ0v) is 15.4. The molecule has 0 amide bonds. The van der Waals surface area contributed by atoms with Gasteiger partial charge in [0.15, 0.2) is 8.32 Å². The molecule has 0 spiro atoms. The monoisotopic (exact) mass is 293 g/mol. The molecule has 0 bridgehead atoms. The van der Waals surface area contributed by atoms with Crippen molar-refractivity contribution in [3.63, 3.8) is 0 Å². The Labute approximate surface area is 125 Å². The lowest BCUT2D eigenvalue weighted by Crippen LogP contribution is -2.40. The topological polar surface area (TPSA) is 35.2 Å².